The number of nitrogens with zero attached hydrogens (tertiary/aromatic N) is 2. The van der Waals surface area contributed by atoms with Crippen LogP contribution in [0.1, 0.15) is 21.7 Å². The van der Waals surface area contributed by atoms with E-state index in [0.29, 0.717) is 18.7 Å². The molecule has 2 aromatic rings. The van der Waals surface area contributed by atoms with Crippen molar-refractivity contribution in [2.24, 2.45) is 5.73 Å². The number of halogens is 2. The van der Waals surface area contributed by atoms with Crippen LogP contribution in [0.2, 0.25) is 0 Å². The minimum atomic E-state index is -0.0682. The largest absolute Gasteiger partial charge is 0.350 e. The van der Waals surface area contributed by atoms with Crippen molar-refractivity contribution in [2.75, 3.05) is 6.54 Å². The van der Waals surface area contributed by atoms with Gasteiger partial charge in [0.05, 0.1) is 0 Å². The third kappa shape index (κ3) is 5.38. The molecule has 0 aliphatic rings. The van der Waals surface area contributed by atoms with Crippen molar-refractivity contribution in [3.05, 3.63) is 53.6 Å². The molecule has 1 amide bonds. The van der Waals surface area contributed by atoms with Crippen LogP contribution in [0.4, 0.5) is 0 Å². The van der Waals surface area contributed by atoms with Crippen LogP contribution >= 0.6 is 24.8 Å². The van der Waals surface area contributed by atoms with Gasteiger partial charge in [0.15, 0.2) is 0 Å². The predicted molar refractivity (Wildman–Crippen MR) is 88.1 cm³/mol. The van der Waals surface area contributed by atoms with Gasteiger partial charge < -0.3 is 15.6 Å². The van der Waals surface area contributed by atoms with E-state index in [9.17, 15) is 4.79 Å². The summed E-state index contributed by atoms with van der Waals surface area (Å²) in [5.74, 6) is 0.878. The summed E-state index contributed by atoms with van der Waals surface area (Å²) in [4.78, 5) is 16.0. The van der Waals surface area contributed by atoms with E-state index in [-0.39, 0.29) is 30.7 Å². The highest BCUT2D eigenvalue weighted by Crippen LogP contribution is 2.03. The predicted octanol–water partition coefficient (Wildman–Crippen LogP) is 1.92. The second-order valence-corrected chi connectivity index (χ2v) is 4.32. The molecule has 0 unspecified atom stereocenters. The lowest BCUT2D eigenvalue weighted by molar-refractivity contribution is 0.0952. The first-order valence-electron chi connectivity index (χ1n) is 6.25. The number of nitrogens with two attached hydrogens (primary N) is 1. The summed E-state index contributed by atoms with van der Waals surface area (Å²) in [6.07, 6.45) is 3.65. The van der Waals surface area contributed by atoms with Crippen molar-refractivity contribution in [2.45, 2.75) is 20.0 Å². The first-order valence-corrected chi connectivity index (χ1v) is 6.25. The van der Waals surface area contributed by atoms with Gasteiger partial charge in [-0.05, 0) is 24.6 Å². The maximum atomic E-state index is 11.9. The molecule has 21 heavy (non-hydrogen) atoms. The standard InChI is InChI=1S/C14H18N4O.2ClH/c1-11-16-6-8-18(11)9-7-17-14(19)13-4-2-12(10-15)3-5-13;;/h2-6,8H,7,9-10,15H2,1H3,(H,17,19);2*1H. The van der Waals surface area contributed by atoms with Crippen LogP contribution in [0.25, 0.3) is 0 Å². The maximum absolute atomic E-state index is 11.9. The van der Waals surface area contributed by atoms with Gasteiger partial charge in [0.1, 0.15) is 5.82 Å². The van der Waals surface area contributed by atoms with Crippen LogP contribution in [0.15, 0.2) is 36.7 Å². The highest BCUT2D eigenvalue weighted by atomic mass is 35.5. The Labute approximate surface area is 136 Å². The van der Waals surface area contributed by atoms with Crippen molar-refractivity contribution in [1.29, 1.82) is 0 Å². The molecular formula is C14H20Cl2N4O. The topological polar surface area (TPSA) is 72.9 Å². The molecule has 3 N–H and O–H groups in total. The van der Waals surface area contributed by atoms with Gasteiger partial charge >= 0.3 is 0 Å². The Kier molecular flexibility index (Phi) is 8.69. The monoisotopic (exact) mass is 330 g/mol. The van der Waals surface area contributed by atoms with Crippen molar-refractivity contribution >= 4 is 30.7 Å². The van der Waals surface area contributed by atoms with E-state index in [4.69, 9.17) is 5.73 Å². The van der Waals surface area contributed by atoms with Crippen LogP contribution in [-0.4, -0.2) is 22.0 Å². The fourth-order valence-corrected chi connectivity index (χ4v) is 1.82. The zero-order valence-corrected chi connectivity index (χ0v) is 13.4. The lowest BCUT2D eigenvalue weighted by Gasteiger charge is -2.07. The normalized spacial score (nSPS) is 9.43. The molecule has 0 saturated heterocycles. The number of rotatable bonds is 5. The number of nitrogens with one attached hydrogen (secondary N) is 1. The number of imidazole rings is 1. The number of carbonyl (C=O) groups is 1. The number of hydrogen-bond donors (Lipinski definition) is 2. The molecule has 1 aromatic carbocycles. The van der Waals surface area contributed by atoms with Crippen molar-refractivity contribution in [3.8, 4) is 0 Å². The van der Waals surface area contributed by atoms with Gasteiger partial charge in [-0.3, -0.25) is 4.79 Å². The Bertz CT molecular complexity index is 554. The summed E-state index contributed by atoms with van der Waals surface area (Å²) in [5.41, 5.74) is 7.19. The third-order valence-electron chi connectivity index (χ3n) is 3.01. The Morgan fingerprint density at radius 3 is 2.48 bits per heavy atom. The van der Waals surface area contributed by atoms with Crippen molar-refractivity contribution in [3.63, 3.8) is 0 Å². The number of amides is 1. The zero-order valence-electron chi connectivity index (χ0n) is 11.8. The summed E-state index contributed by atoms with van der Waals surface area (Å²) >= 11 is 0. The molecule has 0 atom stereocenters. The first kappa shape index (κ1) is 19.4. The average Bonchev–Trinajstić information content (AvgIpc) is 2.84. The summed E-state index contributed by atoms with van der Waals surface area (Å²) in [6.45, 7) is 3.72. The second kappa shape index (κ2) is 9.39. The molecule has 0 spiro atoms. The molecule has 0 radical (unpaired) electrons. The number of aromatic nitrogens is 2. The van der Waals surface area contributed by atoms with Crippen LogP contribution < -0.4 is 11.1 Å². The third-order valence-corrected chi connectivity index (χ3v) is 3.01. The van der Waals surface area contributed by atoms with Gasteiger partial charge in [-0.2, -0.15) is 0 Å². The summed E-state index contributed by atoms with van der Waals surface area (Å²) in [6, 6.07) is 7.32. The minimum absolute atomic E-state index is 0. The van der Waals surface area contributed by atoms with E-state index < -0.39 is 0 Å². The molecule has 116 valence electrons. The fraction of sp³-hybridized carbons (Fsp3) is 0.286. The Morgan fingerprint density at radius 1 is 1.29 bits per heavy atom. The first-order chi connectivity index (χ1) is 9.20. The molecule has 0 bridgehead atoms. The van der Waals surface area contributed by atoms with Crippen LogP contribution in [-0.2, 0) is 13.1 Å². The second-order valence-electron chi connectivity index (χ2n) is 4.32. The number of benzene rings is 1. The average molecular weight is 331 g/mol. The van der Waals surface area contributed by atoms with Gasteiger partial charge in [-0.15, -0.1) is 24.8 Å². The van der Waals surface area contributed by atoms with Gasteiger partial charge in [-0.25, -0.2) is 4.98 Å². The molecule has 1 heterocycles. The Morgan fingerprint density at radius 2 is 1.95 bits per heavy atom. The Hall–Kier alpha value is -1.56. The maximum Gasteiger partial charge on any atom is 0.251 e. The quantitative estimate of drug-likeness (QED) is 0.879. The summed E-state index contributed by atoms with van der Waals surface area (Å²) < 4.78 is 2.00. The van der Waals surface area contributed by atoms with E-state index in [1.807, 2.05) is 29.8 Å². The van der Waals surface area contributed by atoms with Crippen molar-refractivity contribution < 1.29 is 4.79 Å². The minimum Gasteiger partial charge on any atom is -0.350 e. The SMILES string of the molecule is Cc1nccn1CCNC(=O)c1ccc(CN)cc1.Cl.Cl. The molecule has 0 fully saturated rings. The molecule has 0 saturated carbocycles. The van der Waals surface area contributed by atoms with Crippen LogP contribution in [0.3, 0.4) is 0 Å². The van der Waals surface area contributed by atoms with E-state index in [0.717, 1.165) is 17.9 Å². The molecule has 1 aromatic heterocycles. The van der Waals surface area contributed by atoms with Crippen LogP contribution in [0.5, 0.6) is 0 Å². The summed E-state index contributed by atoms with van der Waals surface area (Å²) in [7, 11) is 0. The van der Waals surface area contributed by atoms with Gasteiger partial charge in [0, 0.05) is 37.6 Å². The highest BCUT2D eigenvalue weighted by Gasteiger charge is 2.04. The molecular weight excluding hydrogens is 311 g/mol. The number of aryl methyl sites for hydroxylation is 1. The molecule has 7 heteroatoms. The molecule has 0 aliphatic carbocycles. The zero-order chi connectivity index (χ0) is 13.7. The van der Waals surface area contributed by atoms with Crippen molar-refractivity contribution in [1.82, 2.24) is 14.9 Å². The van der Waals surface area contributed by atoms with E-state index in [1.54, 1.807) is 18.3 Å². The van der Waals surface area contributed by atoms with E-state index in [2.05, 4.69) is 10.3 Å². The van der Waals surface area contributed by atoms with Gasteiger partial charge in [0.25, 0.3) is 5.91 Å². The van der Waals surface area contributed by atoms with Gasteiger partial charge in [0.2, 0.25) is 0 Å². The highest BCUT2D eigenvalue weighted by molar-refractivity contribution is 5.94. The fourth-order valence-electron chi connectivity index (χ4n) is 1.82. The smallest absolute Gasteiger partial charge is 0.251 e. The molecule has 5 nitrogen and oxygen atoms in total. The molecule has 2 rings (SSSR count). The lowest BCUT2D eigenvalue weighted by Crippen LogP contribution is -2.27. The van der Waals surface area contributed by atoms with Crippen LogP contribution in [0, 0.1) is 6.92 Å². The number of carbonyl (C=O) groups excluding carboxylic acids is 1. The van der Waals surface area contributed by atoms with E-state index in [1.165, 1.54) is 0 Å². The summed E-state index contributed by atoms with van der Waals surface area (Å²) in [5, 5.41) is 2.88. The van der Waals surface area contributed by atoms with Gasteiger partial charge in [-0.1, -0.05) is 12.1 Å². The number of hydrogen-bond acceptors (Lipinski definition) is 3. The molecule has 0 aliphatic heterocycles. The Balaban J connectivity index is 0.00000200. The lowest BCUT2D eigenvalue weighted by atomic mass is 10.1. The van der Waals surface area contributed by atoms with E-state index >= 15 is 0 Å².